The standard InChI is InChI=1S/C12H13NO3.CH2O2/c14-11-7-6-10(13-11)12(15)16-8-9-4-2-1-3-5-9;2-1-3/h1-5,10H,6-8H2,(H,13,14);1H,(H,2,3). The van der Waals surface area contributed by atoms with Crippen LogP contribution < -0.4 is 5.32 Å². The molecule has 1 saturated heterocycles. The molecule has 1 heterocycles. The molecule has 0 radical (unpaired) electrons. The quantitative estimate of drug-likeness (QED) is 0.620. The smallest absolute Gasteiger partial charge is 0.328 e. The molecule has 1 aliphatic heterocycles. The molecule has 19 heavy (non-hydrogen) atoms. The number of carbonyl (C=O) groups is 3. The molecule has 0 aromatic heterocycles. The van der Waals surface area contributed by atoms with Crippen molar-refractivity contribution in [1.82, 2.24) is 5.32 Å². The molecule has 1 aromatic rings. The second-order valence-corrected chi connectivity index (χ2v) is 3.86. The zero-order valence-electron chi connectivity index (χ0n) is 10.2. The highest BCUT2D eigenvalue weighted by atomic mass is 16.5. The minimum atomic E-state index is -0.462. The number of hydrogen-bond acceptors (Lipinski definition) is 4. The van der Waals surface area contributed by atoms with Crippen LogP contribution in [0.3, 0.4) is 0 Å². The Kier molecular flexibility index (Phi) is 6.08. The number of hydrogen-bond donors (Lipinski definition) is 2. The first-order valence-electron chi connectivity index (χ1n) is 5.75. The van der Waals surface area contributed by atoms with E-state index in [1.165, 1.54) is 0 Å². The third-order valence-electron chi connectivity index (χ3n) is 2.50. The molecular formula is C13H15NO5. The van der Waals surface area contributed by atoms with Crippen LogP contribution in [0.2, 0.25) is 0 Å². The Morgan fingerprint density at radius 2 is 2.05 bits per heavy atom. The summed E-state index contributed by atoms with van der Waals surface area (Å²) in [5.74, 6) is -0.434. The van der Waals surface area contributed by atoms with E-state index >= 15 is 0 Å². The maximum Gasteiger partial charge on any atom is 0.328 e. The lowest BCUT2D eigenvalue weighted by molar-refractivity contribution is -0.147. The minimum Gasteiger partial charge on any atom is -0.483 e. The number of rotatable bonds is 3. The first-order valence-corrected chi connectivity index (χ1v) is 5.75. The number of amides is 1. The molecule has 0 saturated carbocycles. The summed E-state index contributed by atoms with van der Waals surface area (Å²) in [5.41, 5.74) is 0.945. The van der Waals surface area contributed by atoms with Crippen LogP contribution in [0.5, 0.6) is 0 Å². The predicted molar refractivity (Wildman–Crippen MR) is 66.1 cm³/mol. The van der Waals surface area contributed by atoms with E-state index in [9.17, 15) is 9.59 Å². The molecule has 1 fully saturated rings. The third-order valence-corrected chi connectivity index (χ3v) is 2.50. The maximum absolute atomic E-state index is 11.5. The highest BCUT2D eigenvalue weighted by Crippen LogP contribution is 2.09. The Hall–Kier alpha value is -2.37. The zero-order chi connectivity index (χ0) is 14.1. The van der Waals surface area contributed by atoms with E-state index in [1.54, 1.807) is 0 Å². The van der Waals surface area contributed by atoms with Gasteiger partial charge in [-0.25, -0.2) is 4.79 Å². The van der Waals surface area contributed by atoms with E-state index in [-0.39, 0.29) is 25.0 Å². The van der Waals surface area contributed by atoms with Crippen LogP contribution in [-0.4, -0.2) is 29.5 Å². The lowest BCUT2D eigenvalue weighted by atomic mass is 10.2. The van der Waals surface area contributed by atoms with Gasteiger partial charge >= 0.3 is 5.97 Å². The fourth-order valence-electron chi connectivity index (χ4n) is 1.62. The van der Waals surface area contributed by atoms with Gasteiger partial charge in [0.1, 0.15) is 12.6 Å². The molecule has 0 bridgehead atoms. The summed E-state index contributed by atoms with van der Waals surface area (Å²) >= 11 is 0. The van der Waals surface area contributed by atoms with Crippen LogP contribution in [0, 0.1) is 0 Å². The molecular weight excluding hydrogens is 250 g/mol. The van der Waals surface area contributed by atoms with Crippen molar-refractivity contribution in [2.24, 2.45) is 0 Å². The van der Waals surface area contributed by atoms with Crippen LogP contribution in [0.4, 0.5) is 0 Å². The molecule has 2 N–H and O–H groups in total. The van der Waals surface area contributed by atoms with Crippen molar-refractivity contribution in [3.63, 3.8) is 0 Å². The van der Waals surface area contributed by atoms with Gasteiger partial charge in [0.25, 0.3) is 6.47 Å². The summed E-state index contributed by atoms with van der Waals surface area (Å²) in [6.07, 6.45) is 0.942. The average molecular weight is 265 g/mol. The summed E-state index contributed by atoms with van der Waals surface area (Å²) in [6, 6.07) is 9.00. The van der Waals surface area contributed by atoms with Gasteiger partial charge in [-0.15, -0.1) is 0 Å². The largest absolute Gasteiger partial charge is 0.483 e. The van der Waals surface area contributed by atoms with E-state index < -0.39 is 6.04 Å². The monoisotopic (exact) mass is 265 g/mol. The normalized spacial score (nSPS) is 16.8. The van der Waals surface area contributed by atoms with Gasteiger partial charge in [-0.05, 0) is 12.0 Å². The first-order chi connectivity index (χ1) is 9.17. The summed E-state index contributed by atoms with van der Waals surface area (Å²) < 4.78 is 5.11. The molecule has 102 valence electrons. The minimum absolute atomic E-state index is 0.0818. The highest BCUT2D eigenvalue weighted by molar-refractivity contribution is 5.88. The Bertz CT molecular complexity index is 432. The molecule has 0 aliphatic carbocycles. The molecule has 6 nitrogen and oxygen atoms in total. The fraction of sp³-hybridized carbons (Fsp3) is 0.308. The summed E-state index contributed by atoms with van der Waals surface area (Å²) in [4.78, 5) is 30.8. The van der Waals surface area contributed by atoms with E-state index in [1.807, 2.05) is 30.3 Å². The van der Waals surface area contributed by atoms with Crippen LogP contribution in [0.15, 0.2) is 30.3 Å². The van der Waals surface area contributed by atoms with Crippen molar-refractivity contribution in [1.29, 1.82) is 0 Å². The van der Waals surface area contributed by atoms with Crippen molar-refractivity contribution in [3.8, 4) is 0 Å². The van der Waals surface area contributed by atoms with E-state index in [0.29, 0.717) is 12.8 Å². The molecule has 1 aliphatic rings. The van der Waals surface area contributed by atoms with Crippen molar-refractivity contribution in [2.75, 3.05) is 0 Å². The summed E-state index contributed by atoms with van der Waals surface area (Å²) in [6.45, 7) is 0.00600. The van der Waals surface area contributed by atoms with E-state index in [2.05, 4.69) is 5.32 Å². The number of benzene rings is 1. The van der Waals surface area contributed by atoms with Gasteiger partial charge in [-0.3, -0.25) is 9.59 Å². The molecule has 1 atom stereocenters. The van der Waals surface area contributed by atoms with E-state index in [4.69, 9.17) is 14.6 Å². The summed E-state index contributed by atoms with van der Waals surface area (Å²) in [7, 11) is 0. The molecule has 0 spiro atoms. The lowest BCUT2D eigenvalue weighted by Gasteiger charge is -2.09. The Morgan fingerprint density at radius 3 is 2.58 bits per heavy atom. The summed E-state index contributed by atoms with van der Waals surface area (Å²) in [5, 5.41) is 9.47. The second-order valence-electron chi connectivity index (χ2n) is 3.86. The topological polar surface area (TPSA) is 92.7 Å². The van der Waals surface area contributed by atoms with Crippen molar-refractivity contribution >= 4 is 18.3 Å². The SMILES string of the molecule is O=C1CCC(C(=O)OCc2ccccc2)N1.O=CO. The van der Waals surface area contributed by atoms with Gasteiger partial charge < -0.3 is 15.2 Å². The van der Waals surface area contributed by atoms with Gasteiger partial charge in [0.05, 0.1) is 0 Å². The van der Waals surface area contributed by atoms with Crippen LogP contribution in [0.25, 0.3) is 0 Å². The predicted octanol–water partition coefficient (Wildman–Crippen LogP) is 0.709. The molecule has 1 amide bonds. The van der Waals surface area contributed by atoms with Gasteiger partial charge in [-0.2, -0.15) is 0 Å². The maximum atomic E-state index is 11.5. The van der Waals surface area contributed by atoms with E-state index in [0.717, 1.165) is 5.56 Å². The molecule has 6 heteroatoms. The van der Waals surface area contributed by atoms with Crippen LogP contribution in [-0.2, 0) is 25.7 Å². The van der Waals surface area contributed by atoms with Gasteiger partial charge in [-0.1, -0.05) is 30.3 Å². The molecule has 1 aromatic carbocycles. The van der Waals surface area contributed by atoms with Gasteiger partial charge in [0.2, 0.25) is 5.91 Å². The Balaban J connectivity index is 0.000000550. The number of carboxylic acid groups (broad SMARTS) is 1. The van der Waals surface area contributed by atoms with Crippen LogP contribution in [0.1, 0.15) is 18.4 Å². The van der Waals surface area contributed by atoms with Gasteiger partial charge in [0.15, 0.2) is 0 Å². The molecule has 1 unspecified atom stereocenters. The average Bonchev–Trinajstić information content (AvgIpc) is 2.85. The van der Waals surface area contributed by atoms with Gasteiger partial charge in [0, 0.05) is 6.42 Å². The second kappa shape index (κ2) is 7.86. The third kappa shape index (κ3) is 5.20. The Morgan fingerprint density at radius 1 is 1.42 bits per heavy atom. The number of nitrogens with one attached hydrogen (secondary N) is 1. The number of ether oxygens (including phenoxy) is 1. The fourth-order valence-corrected chi connectivity index (χ4v) is 1.62. The van der Waals surface area contributed by atoms with Crippen molar-refractivity contribution in [2.45, 2.75) is 25.5 Å². The number of esters is 1. The van der Waals surface area contributed by atoms with Crippen molar-refractivity contribution in [3.05, 3.63) is 35.9 Å². The Labute approximate surface area is 110 Å². The first kappa shape index (κ1) is 14.7. The van der Waals surface area contributed by atoms with Crippen molar-refractivity contribution < 1.29 is 24.2 Å². The number of carbonyl (C=O) groups excluding carboxylic acids is 2. The zero-order valence-corrected chi connectivity index (χ0v) is 10.2. The van der Waals surface area contributed by atoms with Crippen LogP contribution >= 0.6 is 0 Å². The highest BCUT2D eigenvalue weighted by Gasteiger charge is 2.28. The lowest BCUT2D eigenvalue weighted by Crippen LogP contribution is -2.34. The molecule has 2 rings (SSSR count).